The zero-order valence-electron chi connectivity index (χ0n) is 26.3. The monoisotopic (exact) mass is 618 g/mol. The highest BCUT2D eigenvalue weighted by Crippen LogP contribution is 2.67. The molecule has 234 valence electrons. The summed E-state index contributed by atoms with van der Waals surface area (Å²) in [4.78, 5) is 37.0. The van der Waals surface area contributed by atoms with Crippen molar-refractivity contribution >= 4 is 28.5 Å². The van der Waals surface area contributed by atoms with E-state index in [1.54, 1.807) is 31.2 Å². The van der Waals surface area contributed by atoms with Gasteiger partial charge in [0.2, 0.25) is 0 Å². The van der Waals surface area contributed by atoms with E-state index >= 15 is 0 Å². The van der Waals surface area contributed by atoms with Crippen LogP contribution in [0, 0.1) is 12.8 Å². The first-order chi connectivity index (χ1) is 22.2. The SMILES string of the molecule is COc1cc(C(=O)[N+]23C4=C2C[C@@H]3[C@H](N)C4)cc2nc(-c3cc4ccc([C@@H](C)NC(=O)c5cnn(C)c5)nc4n3CC3CC3)c(C)n12. The first-order valence-electron chi connectivity index (χ1n) is 16.0. The summed E-state index contributed by atoms with van der Waals surface area (Å²) in [6, 6.07) is 9.83. The number of nitrogens with zero attached hydrogens (tertiary/aromatic N) is 7. The van der Waals surface area contributed by atoms with E-state index in [9.17, 15) is 9.59 Å². The summed E-state index contributed by atoms with van der Waals surface area (Å²) in [7, 11) is 3.42. The minimum atomic E-state index is -0.303. The highest BCUT2D eigenvalue weighted by molar-refractivity contribution is 5.95. The summed E-state index contributed by atoms with van der Waals surface area (Å²) >= 11 is 0. The number of aryl methyl sites for hydroxylation is 2. The van der Waals surface area contributed by atoms with Gasteiger partial charge in [-0.2, -0.15) is 9.58 Å². The number of hydrogen-bond acceptors (Lipinski definition) is 7. The third-order valence-corrected chi connectivity index (χ3v) is 10.6. The average Bonchev–Trinajstić information content (AvgIpc) is 3.67. The van der Waals surface area contributed by atoms with Gasteiger partial charge in [0, 0.05) is 31.2 Å². The maximum absolute atomic E-state index is 13.9. The smallest absolute Gasteiger partial charge is 0.356 e. The van der Waals surface area contributed by atoms with Gasteiger partial charge in [0.05, 0.1) is 66.4 Å². The van der Waals surface area contributed by atoms with Gasteiger partial charge < -0.3 is 20.4 Å². The van der Waals surface area contributed by atoms with Crippen LogP contribution in [-0.4, -0.2) is 64.2 Å². The van der Waals surface area contributed by atoms with Gasteiger partial charge in [-0.3, -0.25) is 13.9 Å². The molecular weight excluding hydrogens is 582 g/mol. The van der Waals surface area contributed by atoms with Gasteiger partial charge in [-0.1, -0.05) is 0 Å². The van der Waals surface area contributed by atoms with E-state index in [1.807, 2.05) is 36.4 Å². The van der Waals surface area contributed by atoms with Crippen molar-refractivity contribution < 1.29 is 18.8 Å². The third-order valence-electron chi connectivity index (χ3n) is 10.6. The molecule has 4 aliphatic rings. The zero-order valence-corrected chi connectivity index (χ0v) is 26.3. The Bertz CT molecular complexity index is 2180. The second-order valence-electron chi connectivity index (χ2n) is 13.4. The summed E-state index contributed by atoms with van der Waals surface area (Å²) in [6.07, 6.45) is 7.37. The van der Waals surface area contributed by atoms with Crippen molar-refractivity contribution in [2.45, 2.75) is 64.2 Å². The maximum Gasteiger partial charge on any atom is 0.356 e. The molecule has 4 atom stereocenters. The maximum atomic E-state index is 13.9. The van der Waals surface area contributed by atoms with Crippen LogP contribution < -0.4 is 15.8 Å². The molecule has 1 aliphatic carbocycles. The van der Waals surface area contributed by atoms with E-state index < -0.39 is 0 Å². The number of imidazole rings is 1. The molecule has 3 fully saturated rings. The molecule has 3 aliphatic heterocycles. The number of ether oxygens (including phenoxy) is 1. The van der Waals surface area contributed by atoms with Crippen LogP contribution in [0.25, 0.3) is 28.1 Å². The summed E-state index contributed by atoms with van der Waals surface area (Å²) in [6.45, 7) is 4.81. The first-order valence-corrected chi connectivity index (χ1v) is 16.0. The molecule has 1 unspecified atom stereocenters. The van der Waals surface area contributed by atoms with Crippen LogP contribution in [0.3, 0.4) is 0 Å². The van der Waals surface area contributed by atoms with Crippen molar-refractivity contribution in [1.29, 1.82) is 0 Å². The van der Waals surface area contributed by atoms with Crippen molar-refractivity contribution in [3.05, 3.63) is 76.6 Å². The number of rotatable bonds is 8. The van der Waals surface area contributed by atoms with Gasteiger partial charge in [-0.25, -0.2) is 14.8 Å². The van der Waals surface area contributed by atoms with Crippen molar-refractivity contribution in [3.63, 3.8) is 0 Å². The number of aromatic nitrogens is 6. The molecule has 12 heteroatoms. The Morgan fingerprint density at radius 3 is 2.61 bits per heavy atom. The number of amides is 2. The minimum absolute atomic E-state index is 0.0466. The van der Waals surface area contributed by atoms with Gasteiger partial charge in [0.15, 0.2) is 17.3 Å². The molecule has 3 N–H and O–H groups in total. The molecule has 0 spiro atoms. The topological polar surface area (TPSA) is 134 Å². The minimum Gasteiger partial charge on any atom is -0.482 e. The molecule has 1 saturated carbocycles. The van der Waals surface area contributed by atoms with Gasteiger partial charge in [-0.05, 0) is 56.9 Å². The van der Waals surface area contributed by atoms with E-state index in [0.29, 0.717) is 33.1 Å². The number of fused-ring (bicyclic) bond motifs is 2. The Balaban J connectivity index is 1.10. The highest BCUT2D eigenvalue weighted by atomic mass is 16.5. The molecule has 2 saturated heterocycles. The molecule has 12 nitrogen and oxygen atoms in total. The van der Waals surface area contributed by atoms with Crippen LogP contribution in [-0.2, 0) is 13.6 Å². The Labute approximate surface area is 265 Å². The lowest BCUT2D eigenvalue weighted by molar-refractivity contribution is -0.756. The van der Waals surface area contributed by atoms with Crippen LogP contribution in [0.4, 0.5) is 0 Å². The van der Waals surface area contributed by atoms with Crippen molar-refractivity contribution in [1.82, 2.24) is 34.0 Å². The van der Waals surface area contributed by atoms with E-state index in [0.717, 1.165) is 53.2 Å². The third kappa shape index (κ3) is 3.71. The number of carbonyl (C=O) groups excluding carboxylic acids is 2. The number of pyridine rings is 2. The summed E-state index contributed by atoms with van der Waals surface area (Å²) in [5, 5.41) is 8.17. The Kier molecular flexibility index (Phi) is 5.60. The fraction of sp³-hybridized carbons (Fsp3) is 0.382. The standard InChI is InChI=1S/C34H35N9O3/c1-17(37-33(44)22-14-36-40(3)16-22)24-8-7-20-9-25(41(32(20)38-24)15-19-5-6-19)31-18(2)42-29(39-31)10-21(11-30(42)46-4)34(45)43-26-13-28(43)27(43)12-23(26)35/h7-11,14,16-17,19,23,26H,5-6,12-13,15,35H2,1-4H3/p+1/t17-,23-,26-,43?/m1/s1. The van der Waals surface area contributed by atoms with Gasteiger partial charge in [0.25, 0.3) is 5.91 Å². The Morgan fingerprint density at radius 1 is 1.13 bits per heavy atom. The number of quaternary nitrogens is 1. The fourth-order valence-electron chi connectivity index (χ4n) is 7.91. The first kappa shape index (κ1) is 27.5. The van der Waals surface area contributed by atoms with E-state index in [1.165, 1.54) is 24.2 Å². The van der Waals surface area contributed by atoms with Crippen molar-refractivity contribution in [2.24, 2.45) is 18.7 Å². The van der Waals surface area contributed by atoms with Crippen LogP contribution in [0.2, 0.25) is 0 Å². The van der Waals surface area contributed by atoms with Crippen molar-refractivity contribution in [3.8, 4) is 17.3 Å². The number of hydrogen-bond donors (Lipinski definition) is 2. The summed E-state index contributed by atoms with van der Waals surface area (Å²) in [5.74, 6) is 1.04. The molecule has 0 radical (unpaired) electrons. The van der Waals surface area contributed by atoms with Gasteiger partial charge >= 0.3 is 5.91 Å². The zero-order chi connectivity index (χ0) is 31.6. The predicted molar refractivity (Wildman–Crippen MR) is 170 cm³/mol. The number of nitrogens with two attached hydrogens (primary N) is 1. The molecule has 2 amide bonds. The Hall–Kier alpha value is -4.81. The van der Waals surface area contributed by atoms with E-state index in [-0.39, 0.29) is 29.9 Å². The second kappa shape index (κ2) is 9.36. The van der Waals surface area contributed by atoms with Crippen molar-refractivity contribution in [2.75, 3.05) is 7.11 Å². The van der Waals surface area contributed by atoms with Crippen LogP contribution in [0.15, 0.2) is 54.1 Å². The average molecular weight is 619 g/mol. The lowest BCUT2D eigenvalue weighted by Crippen LogP contribution is -2.56. The number of carbonyl (C=O) groups is 2. The normalized spacial score (nSPS) is 23.5. The molecule has 0 aromatic carbocycles. The largest absolute Gasteiger partial charge is 0.482 e. The molecule has 5 aromatic heterocycles. The highest BCUT2D eigenvalue weighted by Gasteiger charge is 2.80. The Morgan fingerprint density at radius 2 is 1.93 bits per heavy atom. The fourth-order valence-corrected chi connectivity index (χ4v) is 7.91. The van der Waals surface area contributed by atoms with Gasteiger partial charge in [0.1, 0.15) is 23.0 Å². The van der Waals surface area contributed by atoms with E-state index in [2.05, 4.69) is 27.1 Å². The van der Waals surface area contributed by atoms with E-state index in [4.69, 9.17) is 20.4 Å². The lowest BCUT2D eigenvalue weighted by atomic mass is 9.93. The van der Waals surface area contributed by atoms with Crippen LogP contribution in [0.5, 0.6) is 5.88 Å². The lowest BCUT2D eigenvalue weighted by Gasteiger charge is -2.34. The molecular formula is C34H36N9O3+. The van der Waals surface area contributed by atoms with Crippen LogP contribution in [0.1, 0.15) is 70.8 Å². The predicted octanol–water partition coefficient (Wildman–Crippen LogP) is 3.99. The summed E-state index contributed by atoms with van der Waals surface area (Å²) < 4.78 is 12.1. The molecule has 46 heavy (non-hydrogen) atoms. The quantitative estimate of drug-likeness (QED) is 0.251. The second-order valence-corrected chi connectivity index (χ2v) is 13.4. The van der Waals surface area contributed by atoms with Gasteiger partial charge in [-0.15, -0.1) is 0 Å². The molecule has 9 rings (SSSR count). The molecule has 5 aromatic rings. The molecule has 8 heterocycles. The number of nitrogens with one attached hydrogen (secondary N) is 1. The summed E-state index contributed by atoms with van der Waals surface area (Å²) in [5.41, 5.74) is 15.0. The van der Waals surface area contributed by atoms with Crippen LogP contribution >= 0.6 is 0 Å². The number of methoxy groups -OCH3 is 1. The molecule has 0 bridgehead atoms.